The number of pyridine rings is 1. The molecule has 72 valence electrons. The third kappa shape index (κ3) is 1.82. The summed E-state index contributed by atoms with van der Waals surface area (Å²) in [6.45, 7) is 11.5. The van der Waals surface area contributed by atoms with Gasteiger partial charge in [0.15, 0.2) is 0 Å². The maximum absolute atomic E-state index is 4.51. The third-order valence-electron chi connectivity index (χ3n) is 2.65. The summed E-state index contributed by atoms with van der Waals surface area (Å²) >= 11 is 0. The lowest BCUT2D eigenvalue weighted by Crippen LogP contribution is -2.05. The number of anilines is 1. The molecule has 1 rings (SSSR count). The first-order valence-corrected chi connectivity index (χ1v) is 4.76. The van der Waals surface area contributed by atoms with Crippen LogP contribution in [0.5, 0.6) is 0 Å². The van der Waals surface area contributed by atoms with Gasteiger partial charge in [0.2, 0.25) is 0 Å². The van der Waals surface area contributed by atoms with E-state index >= 15 is 0 Å². The molecular weight excluding hydrogens is 160 g/mol. The average molecular weight is 178 g/mol. The maximum Gasteiger partial charge on any atom is 0.129 e. The second-order valence-electron chi connectivity index (χ2n) is 3.45. The summed E-state index contributed by atoms with van der Waals surface area (Å²) in [6, 6.07) is 0. The van der Waals surface area contributed by atoms with Gasteiger partial charge < -0.3 is 5.32 Å². The average Bonchev–Trinajstić information content (AvgIpc) is 2.11. The zero-order chi connectivity index (χ0) is 10.0. The molecule has 0 radical (unpaired) electrons. The van der Waals surface area contributed by atoms with Crippen molar-refractivity contribution in [3.05, 3.63) is 22.4 Å². The van der Waals surface area contributed by atoms with Gasteiger partial charge in [0.05, 0.1) is 0 Å². The summed E-state index contributed by atoms with van der Waals surface area (Å²) in [7, 11) is 0. The Bertz CT molecular complexity index is 316. The first-order valence-electron chi connectivity index (χ1n) is 4.76. The van der Waals surface area contributed by atoms with Crippen LogP contribution in [0.3, 0.4) is 0 Å². The third-order valence-corrected chi connectivity index (χ3v) is 2.65. The molecule has 0 aliphatic heterocycles. The van der Waals surface area contributed by atoms with E-state index in [9.17, 15) is 0 Å². The van der Waals surface area contributed by atoms with Gasteiger partial charge in [-0.2, -0.15) is 0 Å². The summed E-state index contributed by atoms with van der Waals surface area (Å²) in [5.74, 6) is 1.03. The van der Waals surface area contributed by atoms with E-state index in [1.165, 1.54) is 16.7 Å². The molecule has 0 bridgehead atoms. The molecule has 0 saturated heterocycles. The van der Waals surface area contributed by atoms with Crippen molar-refractivity contribution in [1.82, 2.24) is 4.98 Å². The highest BCUT2D eigenvalue weighted by molar-refractivity contribution is 5.51. The standard InChI is InChI=1S/C11H18N2/c1-6-12-11-9(4)7(2)8(3)10(5)13-11/h6H2,1-5H3,(H,12,13). The fraction of sp³-hybridized carbons (Fsp3) is 0.545. The number of rotatable bonds is 2. The Morgan fingerprint density at radius 2 is 1.62 bits per heavy atom. The predicted molar refractivity (Wildman–Crippen MR) is 57.3 cm³/mol. The van der Waals surface area contributed by atoms with E-state index in [0.29, 0.717) is 0 Å². The van der Waals surface area contributed by atoms with Crippen LogP contribution >= 0.6 is 0 Å². The van der Waals surface area contributed by atoms with Crippen LogP contribution in [-0.2, 0) is 0 Å². The smallest absolute Gasteiger partial charge is 0.129 e. The zero-order valence-corrected chi connectivity index (χ0v) is 9.15. The molecule has 0 fully saturated rings. The molecule has 0 unspecified atom stereocenters. The Kier molecular flexibility index (Phi) is 2.91. The van der Waals surface area contributed by atoms with E-state index in [-0.39, 0.29) is 0 Å². The van der Waals surface area contributed by atoms with Gasteiger partial charge in [-0.05, 0) is 51.3 Å². The highest BCUT2D eigenvalue weighted by atomic mass is 15.0. The van der Waals surface area contributed by atoms with Crippen LogP contribution in [0.4, 0.5) is 5.82 Å². The molecule has 2 heteroatoms. The maximum atomic E-state index is 4.51. The van der Waals surface area contributed by atoms with Crippen LogP contribution in [0.1, 0.15) is 29.3 Å². The molecule has 0 amide bonds. The van der Waals surface area contributed by atoms with Gasteiger partial charge in [0.25, 0.3) is 0 Å². The van der Waals surface area contributed by atoms with E-state index in [4.69, 9.17) is 0 Å². The Hall–Kier alpha value is -1.05. The van der Waals surface area contributed by atoms with E-state index in [1.54, 1.807) is 0 Å². The summed E-state index contributed by atoms with van der Waals surface area (Å²) in [6.07, 6.45) is 0. The number of hydrogen-bond donors (Lipinski definition) is 1. The molecule has 1 heterocycles. The number of aromatic nitrogens is 1. The van der Waals surface area contributed by atoms with E-state index in [1.807, 2.05) is 0 Å². The summed E-state index contributed by atoms with van der Waals surface area (Å²) in [5.41, 5.74) is 5.05. The first kappa shape index (κ1) is 10.0. The minimum absolute atomic E-state index is 0.926. The van der Waals surface area contributed by atoms with Gasteiger partial charge in [-0.1, -0.05) is 0 Å². The fourth-order valence-electron chi connectivity index (χ4n) is 1.41. The van der Waals surface area contributed by atoms with E-state index < -0.39 is 0 Å². The molecule has 0 atom stereocenters. The highest BCUT2D eigenvalue weighted by Crippen LogP contribution is 2.21. The molecule has 1 aromatic rings. The summed E-state index contributed by atoms with van der Waals surface area (Å²) in [4.78, 5) is 4.51. The van der Waals surface area contributed by atoms with Crippen molar-refractivity contribution in [3.8, 4) is 0 Å². The van der Waals surface area contributed by atoms with Crippen molar-refractivity contribution in [1.29, 1.82) is 0 Å². The van der Waals surface area contributed by atoms with Crippen LogP contribution in [0, 0.1) is 27.7 Å². The lowest BCUT2D eigenvalue weighted by Gasteiger charge is -2.13. The van der Waals surface area contributed by atoms with Crippen molar-refractivity contribution in [2.45, 2.75) is 34.6 Å². The number of aryl methyl sites for hydroxylation is 1. The van der Waals surface area contributed by atoms with Crippen LogP contribution in [0.2, 0.25) is 0 Å². The Morgan fingerprint density at radius 3 is 2.15 bits per heavy atom. The molecule has 0 aliphatic carbocycles. The molecule has 1 aromatic heterocycles. The second kappa shape index (κ2) is 3.77. The Labute approximate surface area is 80.4 Å². The lowest BCUT2D eigenvalue weighted by molar-refractivity contribution is 1.06. The van der Waals surface area contributed by atoms with Gasteiger partial charge in [-0.15, -0.1) is 0 Å². The van der Waals surface area contributed by atoms with Crippen LogP contribution in [0.15, 0.2) is 0 Å². The molecule has 1 N–H and O–H groups in total. The van der Waals surface area contributed by atoms with Crippen LogP contribution in [0.25, 0.3) is 0 Å². The molecule has 2 nitrogen and oxygen atoms in total. The summed E-state index contributed by atoms with van der Waals surface area (Å²) in [5, 5.41) is 3.27. The SMILES string of the molecule is CCNc1nc(C)c(C)c(C)c1C. The second-order valence-corrected chi connectivity index (χ2v) is 3.45. The van der Waals surface area contributed by atoms with Gasteiger partial charge in [0.1, 0.15) is 5.82 Å². The molecule has 0 aliphatic rings. The number of nitrogens with one attached hydrogen (secondary N) is 1. The van der Waals surface area contributed by atoms with Gasteiger partial charge in [0, 0.05) is 12.2 Å². The summed E-state index contributed by atoms with van der Waals surface area (Å²) < 4.78 is 0. The topological polar surface area (TPSA) is 24.9 Å². The van der Waals surface area contributed by atoms with Crippen LogP contribution in [-0.4, -0.2) is 11.5 Å². The molecule has 0 aromatic carbocycles. The monoisotopic (exact) mass is 178 g/mol. The van der Waals surface area contributed by atoms with Crippen molar-refractivity contribution in [2.24, 2.45) is 0 Å². The van der Waals surface area contributed by atoms with E-state index in [0.717, 1.165) is 18.1 Å². The van der Waals surface area contributed by atoms with Gasteiger partial charge >= 0.3 is 0 Å². The Balaban J connectivity index is 3.24. The lowest BCUT2D eigenvalue weighted by atomic mass is 10.0. The molecule has 0 spiro atoms. The van der Waals surface area contributed by atoms with Crippen molar-refractivity contribution < 1.29 is 0 Å². The number of nitrogens with zero attached hydrogens (tertiary/aromatic N) is 1. The largest absolute Gasteiger partial charge is 0.370 e. The van der Waals surface area contributed by atoms with Crippen molar-refractivity contribution >= 4 is 5.82 Å². The Morgan fingerprint density at radius 1 is 1.00 bits per heavy atom. The van der Waals surface area contributed by atoms with Gasteiger partial charge in [-0.25, -0.2) is 4.98 Å². The minimum Gasteiger partial charge on any atom is -0.370 e. The normalized spacial score (nSPS) is 10.2. The highest BCUT2D eigenvalue weighted by Gasteiger charge is 2.06. The fourth-order valence-corrected chi connectivity index (χ4v) is 1.41. The minimum atomic E-state index is 0.926. The zero-order valence-electron chi connectivity index (χ0n) is 9.15. The number of hydrogen-bond acceptors (Lipinski definition) is 2. The van der Waals surface area contributed by atoms with Gasteiger partial charge in [-0.3, -0.25) is 0 Å². The van der Waals surface area contributed by atoms with E-state index in [2.05, 4.69) is 44.9 Å². The first-order chi connectivity index (χ1) is 6.07. The quantitative estimate of drug-likeness (QED) is 0.753. The predicted octanol–water partition coefficient (Wildman–Crippen LogP) is 2.75. The van der Waals surface area contributed by atoms with Crippen LogP contribution < -0.4 is 5.32 Å². The van der Waals surface area contributed by atoms with Crippen molar-refractivity contribution in [2.75, 3.05) is 11.9 Å². The molecular formula is C11H18N2. The van der Waals surface area contributed by atoms with Crippen molar-refractivity contribution in [3.63, 3.8) is 0 Å². The molecule has 13 heavy (non-hydrogen) atoms. The molecule has 0 saturated carbocycles.